The number of carbonyl (C=O) groups excluding carboxylic acids is 1. The molecule has 152 valence electrons. The van der Waals surface area contributed by atoms with Crippen LogP contribution in [0.25, 0.3) is 0 Å². The number of carboxylic acid groups (broad SMARTS) is 1. The number of amidine groups is 1. The van der Waals surface area contributed by atoms with E-state index in [2.05, 4.69) is 4.99 Å². The average Bonchev–Trinajstić information content (AvgIpc) is 3.06. The molecule has 0 spiro atoms. The molecule has 2 saturated heterocycles. The lowest BCUT2D eigenvalue weighted by molar-refractivity contribution is -0.143. The van der Waals surface area contributed by atoms with E-state index in [1.807, 2.05) is 6.92 Å². The summed E-state index contributed by atoms with van der Waals surface area (Å²) in [4.78, 5) is 28.3. The number of aliphatic carboxylic acids is 1. The molecule has 0 radical (unpaired) electrons. The predicted octanol–water partition coefficient (Wildman–Crippen LogP) is 0.788. The second kappa shape index (κ2) is 8.50. The monoisotopic (exact) mass is 428 g/mol. The number of aliphatic imine (C=N–C) groups is 1. The van der Waals surface area contributed by atoms with Crippen molar-refractivity contribution in [2.75, 3.05) is 36.2 Å². The fourth-order valence-corrected chi connectivity index (χ4v) is 7.03. The van der Waals surface area contributed by atoms with Gasteiger partial charge in [-0.15, -0.1) is 0 Å². The number of rotatable bonds is 7. The Labute approximate surface area is 166 Å². The Balaban J connectivity index is 1.83. The summed E-state index contributed by atoms with van der Waals surface area (Å²) in [5.74, 6) is -1.10. The molecule has 1 aromatic carbocycles. The molecule has 0 aromatic heterocycles. The highest BCUT2D eigenvalue weighted by molar-refractivity contribution is 8.16. The number of sulfone groups is 1. The Bertz CT molecular complexity index is 883. The van der Waals surface area contributed by atoms with Gasteiger partial charge in [0.15, 0.2) is 15.0 Å². The summed E-state index contributed by atoms with van der Waals surface area (Å²) >= 11 is 1.24. The molecule has 1 amide bonds. The van der Waals surface area contributed by atoms with E-state index in [0.717, 1.165) is 0 Å². The van der Waals surface area contributed by atoms with E-state index >= 15 is 0 Å². The summed E-state index contributed by atoms with van der Waals surface area (Å²) < 4.78 is 34.3. The number of anilines is 1. The van der Waals surface area contributed by atoms with Crippen LogP contribution in [0.15, 0.2) is 29.3 Å². The van der Waals surface area contributed by atoms with Gasteiger partial charge in [-0.05, 0) is 31.2 Å². The minimum absolute atomic E-state index is 0.0133. The predicted molar refractivity (Wildman–Crippen MR) is 105 cm³/mol. The maximum Gasteiger partial charge on any atom is 0.329 e. The van der Waals surface area contributed by atoms with Crippen LogP contribution >= 0.6 is 11.8 Å². The normalized spacial score (nSPS) is 24.3. The Morgan fingerprint density at radius 2 is 1.96 bits per heavy atom. The first-order chi connectivity index (χ1) is 13.3. The van der Waals surface area contributed by atoms with E-state index in [-0.39, 0.29) is 22.8 Å². The second-order valence-corrected chi connectivity index (χ2v) is 9.63. The summed E-state index contributed by atoms with van der Waals surface area (Å²) in [6.45, 7) is 1.36. The lowest BCUT2D eigenvalue weighted by Crippen LogP contribution is -2.37. The highest BCUT2D eigenvalue weighted by atomic mass is 32.2. The molecule has 2 atom stereocenters. The number of ether oxygens (including phenoxy) is 2. The summed E-state index contributed by atoms with van der Waals surface area (Å²) in [6, 6.07) is 6.81. The zero-order chi connectivity index (χ0) is 20.3. The molecule has 28 heavy (non-hydrogen) atoms. The quantitative estimate of drug-likeness (QED) is 0.671. The number of fused-ring (bicyclic) bond motifs is 1. The molecule has 2 aliphatic heterocycles. The highest BCUT2D eigenvalue weighted by Crippen LogP contribution is 2.41. The van der Waals surface area contributed by atoms with Crippen molar-refractivity contribution in [1.29, 1.82) is 0 Å². The third-order valence-corrected chi connectivity index (χ3v) is 7.37. The van der Waals surface area contributed by atoms with E-state index in [1.54, 1.807) is 29.2 Å². The van der Waals surface area contributed by atoms with Crippen LogP contribution in [0.4, 0.5) is 5.69 Å². The maximum atomic E-state index is 12.1. The van der Waals surface area contributed by atoms with E-state index in [0.29, 0.717) is 23.2 Å². The molecular formula is C17H20N2O7S2. The van der Waals surface area contributed by atoms with Crippen LogP contribution in [-0.2, 0) is 24.2 Å². The molecule has 11 heteroatoms. The number of carbonyl (C=O) groups is 2. The van der Waals surface area contributed by atoms with E-state index in [9.17, 15) is 18.0 Å². The molecule has 3 rings (SSSR count). The molecule has 0 bridgehead atoms. The largest absolute Gasteiger partial charge is 0.494 e. The van der Waals surface area contributed by atoms with Crippen molar-refractivity contribution in [2.24, 2.45) is 4.99 Å². The van der Waals surface area contributed by atoms with Gasteiger partial charge in [-0.25, -0.2) is 13.2 Å². The molecular weight excluding hydrogens is 408 g/mol. The van der Waals surface area contributed by atoms with Crippen molar-refractivity contribution in [3.8, 4) is 5.75 Å². The number of hydrogen-bond acceptors (Lipinski definition) is 7. The van der Waals surface area contributed by atoms with Crippen molar-refractivity contribution in [2.45, 2.75) is 18.2 Å². The van der Waals surface area contributed by atoms with Crippen molar-refractivity contribution in [3.05, 3.63) is 24.3 Å². The van der Waals surface area contributed by atoms with Gasteiger partial charge in [0, 0.05) is 10.9 Å². The zero-order valence-corrected chi connectivity index (χ0v) is 16.7. The lowest BCUT2D eigenvalue weighted by Gasteiger charge is -2.24. The summed E-state index contributed by atoms with van der Waals surface area (Å²) in [7, 11) is -3.16. The van der Waals surface area contributed by atoms with Crippen molar-refractivity contribution < 1.29 is 32.6 Å². The van der Waals surface area contributed by atoms with Crippen LogP contribution in [0.3, 0.4) is 0 Å². The summed E-state index contributed by atoms with van der Waals surface area (Å²) in [5, 5.41) is 8.74. The van der Waals surface area contributed by atoms with E-state index < -0.39 is 34.9 Å². The Morgan fingerprint density at radius 1 is 1.25 bits per heavy atom. The molecule has 0 unspecified atom stereocenters. The van der Waals surface area contributed by atoms with E-state index in [4.69, 9.17) is 14.6 Å². The van der Waals surface area contributed by atoms with Gasteiger partial charge in [0.25, 0.3) is 5.91 Å². The first kappa shape index (κ1) is 20.6. The molecule has 2 aliphatic rings. The van der Waals surface area contributed by atoms with Gasteiger partial charge in [0.1, 0.15) is 19.0 Å². The van der Waals surface area contributed by atoms with Crippen LogP contribution < -0.4 is 9.64 Å². The van der Waals surface area contributed by atoms with Crippen molar-refractivity contribution in [1.82, 2.24) is 0 Å². The number of hydrogen-bond donors (Lipinski definition) is 1. The average molecular weight is 428 g/mol. The van der Waals surface area contributed by atoms with Crippen LogP contribution in [0.5, 0.6) is 5.75 Å². The standard InChI is InChI=1S/C17H20N2O7S2/c1-2-26-12-5-3-11(4-6-12)19-13-9-28(23,24)10-14(13)27-17(19)18-15(20)7-25-8-16(21)22/h3-6,13-14H,2,7-10H2,1H3,(H,21,22)/t13-,14-/m1/s1. The van der Waals surface area contributed by atoms with Gasteiger partial charge >= 0.3 is 5.97 Å². The molecule has 1 aromatic rings. The first-order valence-electron chi connectivity index (χ1n) is 8.59. The summed E-state index contributed by atoms with van der Waals surface area (Å²) in [5.41, 5.74) is 0.707. The summed E-state index contributed by atoms with van der Waals surface area (Å²) in [6.07, 6.45) is 0. The van der Waals surface area contributed by atoms with Gasteiger partial charge < -0.3 is 19.5 Å². The Hall–Kier alpha value is -2.11. The highest BCUT2D eigenvalue weighted by Gasteiger charge is 2.49. The molecule has 2 heterocycles. The third kappa shape index (κ3) is 4.83. The van der Waals surface area contributed by atoms with Crippen molar-refractivity contribution in [3.63, 3.8) is 0 Å². The maximum absolute atomic E-state index is 12.1. The minimum atomic E-state index is -3.16. The smallest absolute Gasteiger partial charge is 0.329 e. The fourth-order valence-electron chi connectivity index (χ4n) is 3.10. The van der Waals surface area contributed by atoms with Crippen LogP contribution in [0, 0.1) is 0 Å². The van der Waals surface area contributed by atoms with Crippen LogP contribution in [0.1, 0.15) is 6.92 Å². The fraction of sp³-hybridized carbons (Fsp3) is 0.471. The molecule has 2 fully saturated rings. The minimum Gasteiger partial charge on any atom is -0.494 e. The number of benzene rings is 1. The van der Waals surface area contributed by atoms with Gasteiger partial charge in [-0.3, -0.25) is 4.79 Å². The molecule has 0 saturated carbocycles. The van der Waals surface area contributed by atoms with Gasteiger partial charge in [-0.2, -0.15) is 4.99 Å². The topological polar surface area (TPSA) is 123 Å². The number of nitrogens with zero attached hydrogens (tertiary/aromatic N) is 2. The van der Waals surface area contributed by atoms with Crippen LogP contribution in [0.2, 0.25) is 0 Å². The number of carboxylic acids is 1. The van der Waals surface area contributed by atoms with E-state index in [1.165, 1.54) is 11.8 Å². The third-order valence-electron chi connectivity index (χ3n) is 4.16. The van der Waals surface area contributed by atoms with Gasteiger partial charge in [-0.1, -0.05) is 11.8 Å². The Kier molecular flexibility index (Phi) is 6.26. The number of thioether (sulfide) groups is 1. The second-order valence-electron chi connectivity index (χ2n) is 6.27. The van der Waals surface area contributed by atoms with Gasteiger partial charge in [0.05, 0.1) is 24.2 Å². The Morgan fingerprint density at radius 3 is 2.61 bits per heavy atom. The van der Waals surface area contributed by atoms with Crippen LogP contribution in [-0.4, -0.2) is 73.2 Å². The van der Waals surface area contributed by atoms with Gasteiger partial charge in [0.2, 0.25) is 0 Å². The molecule has 0 aliphatic carbocycles. The first-order valence-corrected chi connectivity index (χ1v) is 11.3. The number of amides is 1. The molecule has 1 N–H and O–H groups in total. The SMILES string of the molecule is CCOc1ccc(N2C(=NC(=O)COCC(=O)O)S[C@@H]3CS(=O)(=O)C[C@H]32)cc1. The molecule has 9 nitrogen and oxygen atoms in total. The zero-order valence-electron chi connectivity index (χ0n) is 15.1. The lowest BCUT2D eigenvalue weighted by atomic mass is 10.2. The van der Waals surface area contributed by atoms with Crippen molar-refractivity contribution >= 4 is 44.3 Å².